The number of hydrogen-bond donors (Lipinski definition) is 1. The van der Waals surface area contributed by atoms with Gasteiger partial charge in [0.15, 0.2) is 10.6 Å². The summed E-state index contributed by atoms with van der Waals surface area (Å²) < 4.78 is 2.51. The van der Waals surface area contributed by atoms with Crippen LogP contribution in [0.4, 0.5) is 0 Å². The van der Waals surface area contributed by atoms with Crippen LogP contribution < -0.4 is 0 Å². The number of fused-ring (bicyclic) bond motifs is 1. The summed E-state index contributed by atoms with van der Waals surface area (Å²) in [6.07, 6.45) is 7.20. The van der Waals surface area contributed by atoms with Crippen molar-refractivity contribution in [1.29, 1.82) is 0 Å². The fourth-order valence-corrected chi connectivity index (χ4v) is 2.34. The third kappa shape index (κ3) is 2.06. The molecule has 4 nitrogen and oxygen atoms in total. The van der Waals surface area contributed by atoms with Crippen LogP contribution in [0.25, 0.3) is 11.6 Å². The topological polar surface area (TPSA) is 46.5 Å². The molecule has 19 heavy (non-hydrogen) atoms. The van der Waals surface area contributed by atoms with Gasteiger partial charge in [0.1, 0.15) is 0 Å². The molecule has 0 aromatic carbocycles. The molecule has 96 valence electrons. The first-order valence-electron chi connectivity index (χ1n) is 6.13. The van der Waals surface area contributed by atoms with Gasteiger partial charge in [-0.05, 0) is 37.7 Å². The van der Waals surface area contributed by atoms with Crippen molar-refractivity contribution in [2.45, 2.75) is 13.3 Å². The van der Waals surface area contributed by atoms with Crippen LogP contribution in [-0.4, -0.2) is 19.7 Å². The third-order valence-corrected chi connectivity index (χ3v) is 3.57. The lowest BCUT2D eigenvalue weighted by Crippen LogP contribution is -2.01. The van der Waals surface area contributed by atoms with Crippen molar-refractivity contribution in [3.63, 3.8) is 0 Å². The highest BCUT2D eigenvalue weighted by atomic mass is 32.1. The molecule has 0 spiro atoms. The second kappa shape index (κ2) is 4.59. The van der Waals surface area contributed by atoms with E-state index in [0.717, 1.165) is 34.8 Å². The lowest BCUT2D eigenvalue weighted by atomic mass is 10.0. The fraction of sp³-hybridized carbons (Fsp3) is 0.214. The molecule has 2 aromatic heterocycles. The Morgan fingerprint density at radius 3 is 2.95 bits per heavy atom. The molecule has 0 saturated carbocycles. The summed E-state index contributed by atoms with van der Waals surface area (Å²) in [5.74, 6) is 0.848. The summed E-state index contributed by atoms with van der Waals surface area (Å²) in [7, 11) is 1.92. The van der Waals surface area contributed by atoms with Crippen molar-refractivity contribution >= 4 is 23.9 Å². The average molecular weight is 270 g/mol. The second-order valence-electron chi connectivity index (χ2n) is 4.55. The Kier molecular flexibility index (Phi) is 2.91. The van der Waals surface area contributed by atoms with Gasteiger partial charge in [-0.1, -0.05) is 18.2 Å². The van der Waals surface area contributed by atoms with E-state index in [0.29, 0.717) is 4.77 Å². The first-order valence-corrected chi connectivity index (χ1v) is 6.54. The van der Waals surface area contributed by atoms with Gasteiger partial charge in [-0.2, -0.15) is 5.10 Å². The van der Waals surface area contributed by atoms with Gasteiger partial charge >= 0.3 is 0 Å². The molecule has 0 bridgehead atoms. The van der Waals surface area contributed by atoms with Crippen LogP contribution in [-0.2, 0) is 7.05 Å². The first kappa shape index (κ1) is 12.0. The lowest BCUT2D eigenvalue weighted by molar-refractivity contribution is 0.874. The number of hydrogen-bond acceptors (Lipinski definition) is 3. The summed E-state index contributed by atoms with van der Waals surface area (Å²) in [4.78, 5) is 4.58. The summed E-state index contributed by atoms with van der Waals surface area (Å²) in [6, 6.07) is 4.12. The highest BCUT2D eigenvalue weighted by Gasteiger charge is 2.16. The monoisotopic (exact) mass is 270 g/mol. The Bertz CT molecular complexity index is 749. The number of aromatic amines is 1. The fourth-order valence-electron chi connectivity index (χ4n) is 2.21. The van der Waals surface area contributed by atoms with Crippen molar-refractivity contribution < 1.29 is 0 Å². The van der Waals surface area contributed by atoms with Crippen molar-refractivity contribution in [3.05, 3.63) is 51.8 Å². The minimum atomic E-state index is 0.620. The van der Waals surface area contributed by atoms with Crippen molar-refractivity contribution in [2.24, 2.45) is 7.05 Å². The Balaban J connectivity index is 2.23. The Morgan fingerprint density at radius 2 is 2.21 bits per heavy atom. The molecule has 0 atom stereocenters. The van der Waals surface area contributed by atoms with E-state index in [4.69, 9.17) is 12.2 Å². The van der Waals surface area contributed by atoms with E-state index in [2.05, 4.69) is 39.5 Å². The van der Waals surface area contributed by atoms with Crippen LogP contribution in [0.2, 0.25) is 0 Å². The number of allylic oxidation sites excluding steroid dienone is 2. The van der Waals surface area contributed by atoms with Crippen LogP contribution in [0, 0.1) is 11.7 Å². The van der Waals surface area contributed by atoms with E-state index >= 15 is 0 Å². The van der Waals surface area contributed by atoms with E-state index in [1.807, 2.05) is 24.6 Å². The van der Waals surface area contributed by atoms with E-state index in [-0.39, 0.29) is 0 Å². The minimum Gasteiger partial charge on any atom is -0.303 e. The molecule has 2 heterocycles. The third-order valence-electron chi connectivity index (χ3n) is 3.21. The maximum absolute atomic E-state index is 5.18. The van der Waals surface area contributed by atoms with Gasteiger partial charge in [0.25, 0.3) is 0 Å². The standard InChI is InChI=1S/C14H14N4S/c1-9-7-8-10-11(5-3-4-6-12(10)15-9)13-16-17-14(19)18(13)2/h4-8H,3H2,1-2H3,(H,17,19). The molecular weight excluding hydrogens is 256 g/mol. The van der Waals surface area contributed by atoms with Gasteiger partial charge in [-0.15, -0.1) is 0 Å². The summed E-state index contributed by atoms with van der Waals surface area (Å²) in [5.41, 5.74) is 4.16. The second-order valence-corrected chi connectivity index (χ2v) is 4.94. The maximum atomic E-state index is 5.18. The maximum Gasteiger partial charge on any atom is 0.195 e. The number of nitrogens with one attached hydrogen (secondary N) is 1. The smallest absolute Gasteiger partial charge is 0.195 e. The van der Waals surface area contributed by atoms with E-state index in [1.165, 1.54) is 0 Å². The molecule has 5 heteroatoms. The van der Waals surface area contributed by atoms with Gasteiger partial charge in [0, 0.05) is 23.9 Å². The molecule has 1 aliphatic rings. The molecule has 0 saturated heterocycles. The molecule has 0 aliphatic heterocycles. The van der Waals surface area contributed by atoms with Gasteiger partial charge < -0.3 is 4.57 Å². The van der Waals surface area contributed by atoms with Crippen LogP contribution in [0.15, 0.2) is 24.3 Å². The Morgan fingerprint density at radius 1 is 1.37 bits per heavy atom. The van der Waals surface area contributed by atoms with Gasteiger partial charge in [0.2, 0.25) is 0 Å². The highest BCUT2D eigenvalue weighted by Crippen LogP contribution is 2.28. The SMILES string of the molecule is Cc1ccc2c(n1)C=CCC=C2c1n[nH]c(=S)n1C. The lowest BCUT2D eigenvalue weighted by Gasteiger charge is -2.09. The minimum absolute atomic E-state index is 0.620. The van der Waals surface area contributed by atoms with E-state index < -0.39 is 0 Å². The highest BCUT2D eigenvalue weighted by molar-refractivity contribution is 7.71. The van der Waals surface area contributed by atoms with Crippen molar-refractivity contribution in [1.82, 2.24) is 19.7 Å². The van der Waals surface area contributed by atoms with Gasteiger partial charge in [-0.3, -0.25) is 10.1 Å². The normalized spacial score (nSPS) is 13.9. The Hall–Kier alpha value is -2.01. The Labute approximate surface area is 116 Å². The number of rotatable bonds is 1. The van der Waals surface area contributed by atoms with Gasteiger partial charge in [0.05, 0.1) is 5.69 Å². The van der Waals surface area contributed by atoms with Crippen LogP contribution >= 0.6 is 12.2 Å². The zero-order valence-corrected chi connectivity index (χ0v) is 11.7. The number of H-pyrrole nitrogens is 1. The zero-order valence-electron chi connectivity index (χ0n) is 10.8. The number of aryl methyl sites for hydroxylation is 1. The molecule has 0 fully saturated rings. The number of nitrogens with zero attached hydrogens (tertiary/aromatic N) is 3. The molecular formula is C14H14N4S. The van der Waals surface area contributed by atoms with Crippen molar-refractivity contribution in [2.75, 3.05) is 0 Å². The number of aromatic nitrogens is 4. The number of pyridine rings is 1. The molecule has 0 unspecified atom stereocenters. The van der Waals surface area contributed by atoms with Crippen LogP contribution in [0.1, 0.15) is 29.2 Å². The largest absolute Gasteiger partial charge is 0.303 e. The van der Waals surface area contributed by atoms with Crippen molar-refractivity contribution in [3.8, 4) is 0 Å². The average Bonchev–Trinajstić information content (AvgIpc) is 2.62. The van der Waals surface area contributed by atoms with E-state index in [9.17, 15) is 0 Å². The molecule has 0 radical (unpaired) electrons. The van der Waals surface area contributed by atoms with Gasteiger partial charge in [-0.25, -0.2) is 0 Å². The first-order chi connectivity index (χ1) is 9.16. The summed E-state index contributed by atoms with van der Waals surface area (Å²) in [5, 5.41) is 7.15. The van der Waals surface area contributed by atoms with Crippen LogP contribution in [0.5, 0.6) is 0 Å². The zero-order chi connectivity index (χ0) is 13.4. The van der Waals surface area contributed by atoms with Crippen LogP contribution in [0.3, 0.4) is 0 Å². The molecule has 0 amide bonds. The predicted octanol–water partition coefficient (Wildman–Crippen LogP) is 3.03. The molecule has 1 aliphatic carbocycles. The van der Waals surface area contributed by atoms with E-state index in [1.54, 1.807) is 0 Å². The quantitative estimate of drug-likeness (QED) is 0.810. The summed E-state index contributed by atoms with van der Waals surface area (Å²) >= 11 is 5.18. The molecule has 3 rings (SSSR count). The predicted molar refractivity (Wildman–Crippen MR) is 78.1 cm³/mol. The molecule has 1 N–H and O–H groups in total. The molecule has 2 aromatic rings. The summed E-state index contributed by atoms with van der Waals surface area (Å²) in [6.45, 7) is 2.00.